The number of thioether (sulfide) groups is 1. The quantitative estimate of drug-likeness (QED) is 0.277. The molecule has 0 heterocycles. The van der Waals surface area contributed by atoms with Gasteiger partial charge in [0.05, 0.1) is 10.6 Å². The number of nitriles is 1. The van der Waals surface area contributed by atoms with Crippen LogP contribution in [0.4, 0.5) is 5.69 Å². The minimum atomic E-state index is -4.19. The molecule has 1 aromatic carbocycles. The van der Waals surface area contributed by atoms with Crippen LogP contribution in [0.25, 0.3) is 0 Å². The molecule has 0 unspecified atom stereocenters. The lowest BCUT2D eigenvalue weighted by Crippen LogP contribution is -2.12. The van der Waals surface area contributed by atoms with Crippen LogP contribution in [0.5, 0.6) is 0 Å². The Hall–Kier alpha value is -1.56. The Morgan fingerprint density at radius 1 is 1.47 bits per heavy atom. The zero-order valence-electron chi connectivity index (χ0n) is 8.78. The molecule has 0 atom stereocenters. The van der Waals surface area contributed by atoms with Crippen LogP contribution in [0.3, 0.4) is 0 Å². The van der Waals surface area contributed by atoms with Gasteiger partial charge in [-0.3, -0.25) is 9.87 Å². The largest absolute Gasteiger partial charge is 0.294 e. The molecule has 6 nitrogen and oxygen atoms in total. The number of aliphatic imine (C=N–C) groups is 1. The van der Waals surface area contributed by atoms with Crippen molar-refractivity contribution >= 4 is 32.7 Å². The highest BCUT2D eigenvalue weighted by Gasteiger charge is 2.08. The summed E-state index contributed by atoms with van der Waals surface area (Å²) < 4.78 is 30.3. The van der Waals surface area contributed by atoms with Crippen LogP contribution < -0.4 is 5.32 Å². The van der Waals surface area contributed by atoms with E-state index in [1.165, 1.54) is 36.0 Å². The van der Waals surface area contributed by atoms with Gasteiger partial charge in [0.25, 0.3) is 10.1 Å². The number of nitrogens with one attached hydrogen (secondary N) is 1. The molecule has 0 aliphatic carbocycles. The van der Waals surface area contributed by atoms with Crippen LogP contribution in [-0.4, -0.2) is 24.4 Å². The van der Waals surface area contributed by atoms with Gasteiger partial charge in [0.1, 0.15) is 0 Å². The lowest BCUT2D eigenvalue weighted by molar-refractivity contribution is 0.483. The van der Waals surface area contributed by atoms with Gasteiger partial charge >= 0.3 is 0 Å². The lowest BCUT2D eigenvalue weighted by atomic mass is 10.3. The summed E-state index contributed by atoms with van der Waals surface area (Å²) in [5, 5.41) is 11.2. The van der Waals surface area contributed by atoms with E-state index in [9.17, 15) is 8.42 Å². The van der Waals surface area contributed by atoms with Crippen molar-refractivity contribution in [1.29, 1.82) is 5.26 Å². The fraction of sp³-hybridized carbons (Fsp3) is 0.111. The zero-order chi connectivity index (χ0) is 12.9. The number of benzene rings is 1. The van der Waals surface area contributed by atoms with E-state index in [1.54, 1.807) is 12.4 Å². The molecule has 1 aromatic rings. The second-order valence-corrected chi connectivity index (χ2v) is 5.04. The molecular formula is C9H9N3O3S2. The first-order valence-electron chi connectivity index (χ1n) is 4.32. The zero-order valence-corrected chi connectivity index (χ0v) is 10.4. The number of hydrogen-bond donors (Lipinski definition) is 2. The van der Waals surface area contributed by atoms with E-state index in [0.717, 1.165) is 0 Å². The maximum atomic E-state index is 10.8. The third kappa shape index (κ3) is 4.07. The summed E-state index contributed by atoms with van der Waals surface area (Å²) in [4.78, 5) is 3.86. The summed E-state index contributed by atoms with van der Waals surface area (Å²) >= 11 is 1.25. The average Bonchev–Trinajstić information content (AvgIpc) is 2.28. The minimum absolute atomic E-state index is 0.199. The highest BCUT2D eigenvalue weighted by Crippen LogP contribution is 2.17. The normalized spacial score (nSPS) is 11.9. The molecule has 0 saturated heterocycles. The Labute approximate surface area is 103 Å². The maximum Gasteiger partial charge on any atom is 0.294 e. The fourth-order valence-electron chi connectivity index (χ4n) is 0.982. The van der Waals surface area contributed by atoms with Gasteiger partial charge in [-0.15, -0.1) is 0 Å². The number of hydrogen-bond acceptors (Lipinski definition) is 5. The van der Waals surface area contributed by atoms with E-state index in [4.69, 9.17) is 9.81 Å². The molecule has 0 radical (unpaired) electrons. The van der Waals surface area contributed by atoms with Crippen molar-refractivity contribution in [2.75, 3.05) is 6.26 Å². The van der Waals surface area contributed by atoms with Crippen molar-refractivity contribution < 1.29 is 13.0 Å². The summed E-state index contributed by atoms with van der Waals surface area (Å²) in [5.74, 6) is 0. The first-order chi connectivity index (χ1) is 7.97. The smallest absolute Gasteiger partial charge is 0.282 e. The van der Waals surface area contributed by atoms with Gasteiger partial charge in [-0.05, 0) is 30.5 Å². The number of rotatable bonds is 2. The molecule has 0 saturated carbocycles. The summed E-state index contributed by atoms with van der Waals surface area (Å²) in [5.41, 5.74) is 0.476. The number of nitrogens with zero attached hydrogens (tertiary/aromatic N) is 2. The molecule has 1 rings (SSSR count). The van der Waals surface area contributed by atoms with Gasteiger partial charge in [0.2, 0.25) is 0 Å². The fourth-order valence-corrected chi connectivity index (χ4v) is 1.81. The Morgan fingerprint density at radius 3 is 2.47 bits per heavy atom. The van der Waals surface area contributed by atoms with Gasteiger partial charge < -0.3 is 0 Å². The highest BCUT2D eigenvalue weighted by atomic mass is 32.2. The SMILES string of the molecule is CSC(=Nc1ccc(S(=O)(=O)O)cc1)NC#N. The van der Waals surface area contributed by atoms with Gasteiger partial charge in [0.15, 0.2) is 11.4 Å². The molecule has 0 aromatic heterocycles. The lowest BCUT2D eigenvalue weighted by Gasteiger charge is -2.00. The van der Waals surface area contributed by atoms with Crippen LogP contribution in [0.15, 0.2) is 34.2 Å². The second-order valence-electron chi connectivity index (χ2n) is 2.83. The second kappa shape index (κ2) is 5.67. The van der Waals surface area contributed by atoms with Crippen molar-refractivity contribution in [2.24, 2.45) is 4.99 Å². The monoisotopic (exact) mass is 271 g/mol. The van der Waals surface area contributed by atoms with E-state index < -0.39 is 10.1 Å². The predicted molar refractivity (Wildman–Crippen MR) is 65.6 cm³/mol. The van der Waals surface area contributed by atoms with E-state index in [0.29, 0.717) is 10.9 Å². The first kappa shape index (κ1) is 13.5. The average molecular weight is 271 g/mol. The molecule has 0 bridgehead atoms. The molecule has 90 valence electrons. The molecule has 17 heavy (non-hydrogen) atoms. The predicted octanol–water partition coefficient (Wildman–Crippen LogP) is 1.35. The molecular weight excluding hydrogens is 262 g/mol. The van der Waals surface area contributed by atoms with Gasteiger partial charge in [-0.1, -0.05) is 11.8 Å². The Kier molecular flexibility index (Phi) is 4.51. The summed E-state index contributed by atoms with van der Waals surface area (Å²) in [6.45, 7) is 0. The van der Waals surface area contributed by atoms with Gasteiger partial charge in [-0.2, -0.15) is 13.7 Å². The van der Waals surface area contributed by atoms with E-state index in [1.807, 2.05) is 0 Å². The topological polar surface area (TPSA) is 103 Å². The minimum Gasteiger partial charge on any atom is -0.282 e. The molecule has 0 spiro atoms. The van der Waals surface area contributed by atoms with Crippen molar-refractivity contribution in [3.63, 3.8) is 0 Å². The van der Waals surface area contributed by atoms with Crippen molar-refractivity contribution in [3.05, 3.63) is 24.3 Å². The van der Waals surface area contributed by atoms with Crippen molar-refractivity contribution in [1.82, 2.24) is 5.32 Å². The Balaban J connectivity index is 3.00. The van der Waals surface area contributed by atoms with E-state index in [-0.39, 0.29) is 4.90 Å². The van der Waals surface area contributed by atoms with Crippen LogP contribution in [-0.2, 0) is 10.1 Å². The van der Waals surface area contributed by atoms with Gasteiger partial charge in [-0.25, -0.2) is 4.99 Å². The van der Waals surface area contributed by atoms with Crippen LogP contribution in [0, 0.1) is 11.5 Å². The first-order valence-corrected chi connectivity index (χ1v) is 6.99. The third-order valence-electron chi connectivity index (χ3n) is 1.72. The molecule has 2 N–H and O–H groups in total. The maximum absolute atomic E-state index is 10.8. The van der Waals surface area contributed by atoms with Gasteiger partial charge in [0, 0.05) is 0 Å². The molecule has 0 amide bonds. The van der Waals surface area contributed by atoms with Crippen LogP contribution in [0.1, 0.15) is 0 Å². The highest BCUT2D eigenvalue weighted by molar-refractivity contribution is 8.13. The van der Waals surface area contributed by atoms with Crippen LogP contribution >= 0.6 is 11.8 Å². The summed E-state index contributed by atoms with van der Waals surface area (Å²) in [7, 11) is -4.19. The molecule has 0 aliphatic heterocycles. The molecule has 8 heteroatoms. The van der Waals surface area contributed by atoms with E-state index >= 15 is 0 Å². The Morgan fingerprint density at radius 2 is 2.06 bits per heavy atom. The Bertz CT molecular complexity index is 558. The third-order valence-corrected chi connectivity index (χ3v) is 3.17. The molecule has 0 aliphatic rings. The summed E-state index contributed by atoms with van der Waals surface area (Å²) in [6.07, 6.45) is 3.48. The van der Waals surface area contributed by atoms with E-state index in [2.05, 4.69) is 10.3 Å². The van der Waals surface area contributed by atoms with Crippen molar-refractivity contribution in [2.45, 2.75) is 4.90 Å². The standard InChI is InChI=1S/C9H9N3O3S2/c1-16-9(11-6-10)12-7-2-4-8(5-3-7)17(13,14)15/h2-5H,1H3,(H,11,12)(H,13,14,15). The summed E-state index contributed by atoms with van der Waals surface area (Å²) in [6, 6.07) is 5.33. The van der Waals surface area contributed by atoms with Crippen molar-refractivity contribution in [3.8, 4) is 6.19 Å². The number of amidine groups is 1. The molecule has 0 fully saturated rings. The van der Waals surface area contributed by atoms with Crippen LogP contribution in [0.2, 0.25) is 0 Å².